The third-order valence-corrected chi connectivity index (χ3v) is 3.79. The fourth-order valence-electron chi connectivity index (χ4n) is 2.63. The minimum atomic E-state index is -0.681. The van der Waals surface area contributed by atoms with E-state index in [1.807, 2.05) is 0 Å². The number of ether oxygens (including phenoxy) is 1. The molecule has 0 saturated carbocycles. The molecule has 0 unspecified atom stereocenters. The summed E-state index contributed by atoms with van der Waals surface area (Å²) in [6.07, 6.45) is 0.448. The first kappa shape index (κ1) is 17.3. The standard InChI is InChI=1S/C18H18ClFO3/c1-3-23-18(22)17-15(21)10-11(2)12(8-9-19)16(17)13-6-4-5-7-14(13)20/h4-7,10,21H,3,8-9H2,1-2H3. The van der Waals surface area contributed by atoms with E-state index in [4.69, 9.17) is 16.3 Å². The number of hydrogen-bond acceptors (Lipinski definition) is 3. The van der Waals surface area contributed by atoms with E-state index in [-0.39, 0.29) is 23.5 Å². The maximum Gasteiger partial charge on any atom is 0.342 e. The van der Waals surface area contributed by atoms with E-state index in [2.05, 4.69) is 0 Å². The topological polar surface area (TPSA) is 46.5 Å². The van der Waals surface area contributed by atoms with Gasteiger partial charge < -0.3 is 9.84 Å². The molecule has 0 fully saturated rings. The Hall–Kier alpha value is -2.07. The van der Waals surface area contributed by atoms with E-state index < -0.39 is 11.8 Å². The summed E-state index contributed by atoms with van der Waals surface area (Å²) in [5.74, 6) is -1.06. The molecule has 0 saturated heterocycles. The predicted octanol–water partition coefficient (Wildman–Crippen LogP) is 4.46. The highest BCUT2D eigenvalue weighted by Gasteiger charge is 2.25. The lowest BCUT2D eigenvalue weighted by Crippen LogP contribution is -2.11. The molecule has 0 heterocycles. The molecule has 3 nitrogen and oxygen atoms in total. The van der Waals surface area contributed by atoms with Crippen molar-refractivity contribution in [3.8, 4) is 16.9 Å². The first-order valence-electron chi connectivity index (χ1n) is 7.34. The summed E-state index contributed by atoms with van der Waals surface area (Å²) in [5.41, 5.74) is 2.04. The molecular weight excluding hydrogens is 319 g/mol. The Morgan fingerprint density at radius 1 is 1.35 bits per heavy atom. The number of alkyl halides is 1. The van der Waals surface area contributed by atoms with Crippen LogP contribution in [0.5, 0.6) is 5.75 Å². The van der Waals surface area contributed by atoms with Crippen LogP contribution in [0.25, 0.3) is 11.1 Å². The molecular formula is C18H18ClFO3. The van der Waals surface area contributed by atoms with Crippen LogP contribution in [0, 0.1) is 12.7 Å². The zero-order valence-corrected chi connectivity index (χ0v) is 13.8. The molecule has 122 valence electrons. The number of rotatable bonds is 5. The van der Waals surface area contributed by atoms with Gasteiger partial charge in [0.15, 0.2) is 0 Å². The van der Waals surface area contributed by atoms with Gasteiger partial charge in [-0.25, -0.2) is 9.18 Å². The lowest BCUT2D eigenvalue weighted by Gasteiger charge is -2.18. The maximum absolute atomic E-state index is 14.3. The van der Waals surface area contributed by atoms with E-state index in [1.54, 1.807) is 32.0 Å². The molecule has 2 rings (SSSR count). The van der Waals surface area contributed by atoms with Gasteiger partial charge in [0.2, 0.25) is 0 Å². The van der Waals surface area contributed by atoms with Crippen molar-refractivity contribution in [2.24, 2.45) is 0 Å². The van der Waals surface area contributed by atoms with E-state index in [0.29, 0.717) is 17.9 Å². The molecule has 0 amide bonds. The van der Waals surface area contributed by atoms with Crippen molar-refractivity contribution in [1.82, 2.24) is 0 Å². The smallest absolute Gasteiger partial charge is 0.342 e. The number of phenolic OH excluding ortho intramolecular Hbond substituents is 1. The van der Waals surface area contributed by atoms with Crippen molar-refractivity contribution < 1.29 is 19.0 Å². The van der Waals surface area contributed by atoms with Crippen LogP contribution in [0.15, 0.2) is 30.3 Å². The number of benzene rings is 2. The highest BCUT2D eigenvalue weighted by atomic mass is 35.5. The number of phenols is 1. The Morgan fingerprint density at radius 3 is 2.65 bits per heavy atom. The van der Waals surface area contributed by atoms with Crippen molar-refractivity contribution in [2.45, 2.75) is 20.3 Å². The van der Waals surface area contributed by atoms with Crippen LogP contribution in [0.2, 0.25) is 0 Å². The van der Waals surface area contributed by atoms with Gasteiger partial charge in [-0.15, -0.1) is 11.6 Å². The second-order valence-electron chi connectivity index (χ2n) is 5.08. The summed E-state index contributed by atoms with van der Waals surface area (Å²) in [6, 6.07) is 7.62. The average Bonchev–Trinajstić information content (AvgIpc) is 2.50. The van der Waals surface area contributed by atoms with Gasteiger partial charge in [0.25, 0.3) is 0 Å². The van der Waals surface area contributed by atoms with Crippen LogP contribution >= 0.6 is 11.6 Å². The van der Waals surface area contributed by atoms with Crippen LogP contribution in [0.4, 0.5) is 4.39 Å². The Morgan fingerprint density at radius 2 is 2.04 bits per heavy atom. The molecule has 5 heteroatoms. The largest absolute Gasteiger partial charge is 0.507 e. The predicted molar refractivity (Wildman–Crippen MR) is 88.6 cm³/mol. The molecule has 2 aromatic rings. The zero-order chi connectivity index (χ0) is 17.0. The lowest BCUT2D eigenvalue weighted by molar-refractivity contribution is 0.0524. The molecule has 0 bridgehead atoms. The van der Waals surface area contributed by atoms with Gasteiger partial charge in [-0.05, 0) is 43.5 Å². The SMILES string of the molecule is CCOC(=O)c1c(O)cc(C)c(CCCl)c1-c1ccccc1F. The summed E-state index contributed by atoms with van der Waals surface area (Å²) in [6.45, 7) is 3.63. The van der Waals surface area contributed by atoms with Gasteiger partial charge in [0.05, 0.1) is 6.61 Å². The Bertz CT molecular complexity index is 728. The molecule has 0 aliphatic carbocycles. The first-order chi connectivity index (χ1) is 11.0. The van der Waals surface area contributed by atoms with Gasteiger partial charge in [-0.3, -0.25) is 0 Å². The quantitative estimate of drug-likeness (QED) is 0.647. The summed E-state index contributed by atoms with van der Waals surface area (Å²) in [7, 11) is 0. The molecule has 0 spiro atoms. The minimum Gasteiger partial charge on any atom is -0.507 e. The second kappa shape index (κ2) is 7.47. The van der Waals surface area contributed by atoms with Crippen molar-refractivity contribution in [2.75, 3.05) is 12.5 Å². The summed E-state index contributed by atoms with van der Waals surface area (Å²) in [5, 5.41) is 10.3. The number of halogens is 2. The van der Waals surface area contributed by atoms with Crippen LogP contribution in [-0.2, 0) is 11.2 Å². The van der Waals surface area contributed by atoms with Crippen LogP contribution in [-0.4, -0.2) is 23.6 Å². The van der Waals surface area contributed by atoms with Crippen LogP contribution < -0.4 is 0 Å². The molecule has 1 N–H and O–H groups in total. The monoisotopic (exact) mass is 336 g/mol. The Balaban J connectivity index is 2.83. The number of esters is 1. The van der Waals surface area contributed by atoms with E-state index in [1.165, 1.54) is 12.1 Å². The fourth-order valence-corrected chi connectivity index (χ4v) is 2.82. The van der Waals surface area contributed by atoms with E-state index in [0.717, 1.165) is 11.1 Å². The first-order valence-corrected chi connectivity index (χ1v) is 7.88. The van der Waals surface area contributed by atoms with Gasteiger partial charge in [0.1, 0.15) is 17.1 Å². The number of carbonyl (C=O) groups is 1. The van der Waals surface area contributed by atoms with Crippen molar-refractivity contribution in [3.05, 3.63) is 52.8 Å². The normalized spacial score (nSPS) is 10.6. The van der Waals surface area contributed by atoms with Gasteiger partial charge in [0, 0.05) is 17.0 Å². The Kier molecular flexibility index (Phi) is 5.61. The molecule has 2 aromatic carbocycles. The average molecular weight is 337 g/mol. The van der Waals surface area contributed by atoms with Crippen molar-refractivity contribution >= 4 is 17.6 Å². The Labute approximate surface area is 139 Å². The fraction of sp³-hybridized carbons (Fsp3) is 0.278. The lowest BCUT2D eigenvalue weighted by atomic mass is 9.89. The highest BCUT2D eigenvalue weighted by Crippen LogP contribution is 2.38. The number of aryl methyl sites for hydroxylation is 1. The number of carbonyl (C=O) groups excluding carboxylic acids is 1. The van der Waals surface area contributed by atoms with Crippen molar-refractivity contribution in [1.29, 1.82) is 0 Å². The number of aromatic hydroxyl groups is 1. The van der Waals surface area contributed by atoms with Crippen molar-refractivity contribution in [3.63, 3.8) is 0 Å². The molecule has 0 aliphatic heterocycles. The second-order valence-corrected chi connectivity index (χ2v) is 5.46. The van der Waals surface area contributed by atoms with Crippen LogP contribution in [0.1, 0.15) is 28.4 Å². The molecule has 23 heavy (non-hydrogen) atoms. The van der Waals surface area contributed by atoms with Gasteiger partial charge in [-0.1, -0.05) is 18.2 Å². The summed E-state index contributed by atoms with van der Waals surface area (Å²) < 4.78 is 19.4. The van der Waals surface area contributed by atoms with Gasteiger partial charge >= 0.3 is 5.97 Å². The van der Waals surface area contributed by atoms with E-state index in [9.17, 15) is 14.3 Å². The molecule has 0 aliphatic rings. The maximum atomic E-state index is 14.3. The van der Waals surface area contributed by atoms with Gasteiger partial charge in [-0.2, -0.15) is 0 Å². The third-order valence-electron chi connectivity index (χ3n) is 3.60. The van der Waals surface area contributed by atoms with E-state index >= 15 is 0 Å². The molecule has 0 atom stereocenters. The zero-order valence-electron chi connectivity index (χ0n) is 13.0. The van der Waals surface area contributed by atoms with Crippen LogP contribution in [0.3, 0.4) is 0 Å². The molecule has 0 aromatic heterocycles. The summed E-state index contributed by atoms with van der Waals surface area (Å²) in [4.78, 5) is 12.3. The highest BCUT2D eigenvalue weighted by molar-refractivity contribution is 6.18. The third kappa shape index (κ3) is 3.48. The summed E-state index contributed by atoms with van der Waals surface area (Å²) >= 11 is 5.87. The number of hydrogen-bond donors (Lipinski definition) is 1. The minimum absolute atomic E-state index is 0.0253. The molecule has 0 radical (unpaired) electrons.